The maximum absolute atomic E-state index is 11.1. The van der Waals surface area contributed by atoms with Crippen LogP contribution in [0, 0.1) is 3.57 Å². The summed E-state index contributed by atoms with van der Waals surface area (Å²) >= 11 is 1.80. The number of nitrogens with zero attached hydrogens (tertiary/aromatic N) is 1. The topological polar surface area (TPSA) is 121 Å². The van der Waals surface area contributed by atoms with Gasteiger partial charge in [0.15, 0.2) is 0 Å². The molecule has 1 amide bonds. The number of nitrogens with one attached hydrogen (secondary N) is 2. The average molecular weight is 324 g/mol. The zero-order valence-corrected chi connectivity index (χ0v) is 9.69. The van der Waals surface area contributed by atoms with Gasteiger partial charge in [-0.3, -0.25) is 9.59 Å². The number of aliphatic hydroxyl groups is 1. The van der Waals surface area contributed by atoms with Gasteiger partial charge < -0.3 is 21.1 Å². The molecule has 1 atom stereocenters. The number of aliphatic hydroxyl groups excluding tert-OH is 1. The number of rotatable bonds is 4. The van der Waals surface area contributed by atoms with Crippen molar-refractivity contribution in [2.75, 3.05) is 11.9 Å². The number of hydrogen-bond donors (Lipinski definition) is 4. The number of aromatic amines is 1. The van der Waals surface area contributed by atoms with Crippen LogP contribution >= 0.6 is 22.6 Å². The second kappa shape index (κ2) is 5.07. The van der Waals surface area contributed by atoms with Gasteiger partial charge in [0, 0.05) is 0 Å². The van der Waals surface area contributed by atoms with Crippen LogP contribution in [0.15, 0.2) is 11.1 Å². The lowest BCUT2D eigenvalue weighted by molar-refractivity contribution is -0.125. The van der Waals surface area contributed by atoms with Crippen molar-refractivity contribution in [3.8, 4) is 0 Å². The zero-order valence-electron chi connectivity index (χ0n) is 7.53. The molecule has 8 heteroatoms. The number of primary amides is 1. The number of hydrogen-bond acceptors (Lipinski definition) is 5. The number of aromatic nitrogens is 2. The normalized spacial score (nSPS) is 12.1. The molecule has 0 bridgehead atoms. The van der Waals surface area contributed by atoms with Gasteiger partial charge in [0.25, 0.3) is 5.56 Å². The van der Waals surface area contributed by atoms with E-state index in [1.54, 1.807) is 22.6 Å². The lowest BCUT2D eigenvalue weighted by Crippen LogP contribution is -2.34. The Morgan fingerprint density at radius 2 is 2.47 bits per heavy atom. The summed E-state index contributed by atoms with van der Waals surface area (Å²) in [5.41, 5.74) is 4.56. The molecular formula is C7H9IN4O3. The van der Waals surface area contributed by atoms with Gasteiger partial charge in [0.2, 0.25) is 5.91 Å². The Kier molecular flexibility index (Phi) is 4.03. The summed E-state index contributed by atoms with van der Waals surface area (Å²) in [7, 11) is 0. The molecule has 0 aliphatic rings. The molecule has 7 nitrogen and oxygen atoms in total. The molecule has 82 valence electrons. The fraction of sp³-hybridized carbons (Fsp3) is 0.286. The SMILES string of the molecule is NC(=O)C(O)CNc1nc[nH]c(=O)c1I. The van der Waals surface area contributed by atoms with Crippen molar-refractivity contribution in [3.05, 3.63) is 20.3 Å². The van der Waals surface area contributed by atoms with Crippen molar-refractivity contribution in [2.45, 2.75) is 6.10 Å². The van der Waals surface area contributed by atoms with Crippen LogP contribution in [0.1, 0.15) is 0 Å². The predicted molar refractivity (Wildman–Crippen MR) is 61.3 cm³/mol. The maximum Gasteiger partial charge on any atom is 0.266 e. The molecule has 0 saturated carbocycles. The Hall–Kier alpha value is -1.16. The number of H-pyrrole nitrogens is 1. The number of anilines is 1. The van der Waals surface area contributed by atoms with Gasteiger partial charge in [-0.05, 0) is 22.6 Å². The molecule has 0 aliphatic carbocycles. The summed E-state index contributed by atoms with van der Waals surface area (Å²) in [6, 6.07) is 0. The molecule has 1 aromatic rings. The smallest absolute Gasteiger partial charge is 0.266 e. The van der Waals surface area contributed by atoms with Crippen LogP contribution in [-0.4, -0.2) is 33.6 Å². The van der Waals surface area contributed by atoms with E-state index in [0.717, 1.165) is 0 Å². The highest BCUT2D eigenvalue weighted by Crippen LogP contribution is 2.08. The number of nitrogens with two attached hydrogens (primary N) is 1. The highest BCUT2D eigenvalue weighted by atomic mass is 127. The Morgan fingerprint density at radius 1 is 1.80 bits per heavy atom. The van der Waals surface area contributed by atoms with Crippen molar-refractivity contribution in [3.63, 3.8) is 0 Å². The fourth-order valence-corrected chi connectivity index (χ4v) is 1.29. The van der Waals surface area contributed by atoms with Crippen LogP contribution in [0.4, 0.5) is 5.82 Å². The molecule has 0 fully saturated rings. The van der Waals surface area contributed by atoms with Crippen LogP contribution in [0.2, 0.25) is 0 Å². The van der Waals surface area contributed by atoms with Crippen molar-refractivity contribution in [1.82, 2.24) is 9.97 Å². The summed E-state index contributed by atoms with van der Waals surface area (Å²) in [6.45, 7) is -0.0816. The summed E-state index contributed by atoms with van der Waals surface area (Å²) in [4.78, 5) is 27.9. The van der Waals surface area contributed by atoms with E-state index in [1.165, 1.54) is 6.33 Å². The molecular weight excluding hydrogens is 315 g/mol. The Labute approximate surface area is 98.2 Å². The van der Waals surface area contributed by atoms with Crippen molar-refractivity contribution in [2.24, 2.45) is 5.73 Å². The van der Waals surface area contributed by atoms with E-state index in [0.29, 0.717) is 9.39 Å². The molecule has 0 saturated heterocycles. The third-order valence-electron chi connectivity index (χ3n) is 1.59. The Balaban J connectivity index is 2.70. The Bertz CT molecular complexity index is 419. The van der Waals surface area contributed by atoms with E-state index in [-0.39, 0.29) is 12.1 Å². The Morgan fingerprint density at radius 3 is 3.07 bits per heavy atom. The molecule has 0 aliphatic heterocycles. The quantitative estimate of drug-likeness (QED) is 0.509. The van der Waals surface area contributed by atoms with Gasteiger partial charge in [0.1, 0.15) is 15.5 Å². The summed E-state index contributed by atoms with van der Waals surface area (Å²) in [5.74, 6) is -0.526. The average Bonchev–Trinajstić information content (AvgIpc) is 2.19. The summed E-state index contributed by atoms with van der Waals surface area (Å²) < 4.78 is 0.353. The monoisotopic (exact) mass is 324 g/mol. The van der Waals surface area contributed by atoms with E-state index in [9.17, 15) is 9.59 Å². The molecule has 0 radical (unpaired) electrons. The molecule has 1 aromatic heterocycles. The molecule has 0 aromatic carbocycles. The first-order chi connectivity index (χ1) is 7.02. The van der Waals surface area contributed by atoms with Gasteiger partial charge in [-0.25, -0.2) is 4.98 Å². The molecule has 15 heavy (non-hydrogen) atoms. The summed E-state index contributed by atoms with van der Waals surface area (Å²) in [5, 5.41) is 11.7. The highest BCUT2D eigenvalue weighted by molar-refractivity contribution is 14.1. The van der Waals surface area contributed by atoms with Crippen molar-refractivity contribution < 1.29 is 9.90 Å². The summed E-state index contributed by atoms with van der Waals surface area (Å²) in [6.07, 6.45) is -0.0781. The molecule has 5 N–H and O–H groups in total. The molecule has 1 heterocycles. The second-order valence-electron chi connectivity index (χ2n) is 2.69. The van der Waals surface area contributed by atoms with Gasteiger partial charge in [-0.15, -0.1) is 0 Å². The van der Waals surface area contributed by atoms with E-state index in [2.05, 4.69) is 15.3 Å². The maximum atomic E-state index is 11.1. The largest absolute Gasteiger partial charge is 0.381 e. The minimum Gasteiger partial charge on any atom is -0.381 e. The first kappa shape index (κ1) is 11.9. The first-order valence-corrected chi connectivity index (χ1v) is 5.04. The number of carbonyl (C=O) groups is 1. The van der Waals surface area contributed by atoms with Gasteiger partial charge in [-0.2, -0.15) is 0 Å². The van der Waals surface area contributed by atoms with E-state index < -0.39 is 12.0 Å². The lowest BCUT2D eigenvalue weighted by Gasteiger charge is -2.09. The van der Waals surface area contributed by atoms with Crippen molar-refractivity contribution in [1.29, 1.82) is 0 Å². The van der Waals surface area contributed by atoms with E-state index >= 15 is 0 Å². The standard InChI is InChI=1S/C7H9IN4O3/c8-4-6(11-2-12-7(4)15)10-1-3(13)5(9)14/h2-3,13H,1H2,(H2,9,14)(H2,10,11,12,15). The molecule has 0 spiro atoms. The minimum absolute atomic E-state index is 0.0816. The predicted octanol–water partition coefficient (Wildman–Crippen LogP) is -1.37. The van der Waals surface area contributed by atoms with Crippen LogP contribution in [0.3, 0.4) is 0 Å². The molecule has 1 unspecified atom stereocenters. The van der Waals surface area contributed by atoms with E-state index in [1.807, 2.05) is 0 Å². The third-order valence-corrected chi connectivity index (χ3v) is 2.59. The number of halogens is 1. The van der Waals surface area contributed by atoms with Crippen LogP contribution in [0.5, 0.6) is 0 Å². The van der Waals surface area contributed by atoms with Crippen molar-refractivity contribution >= 4 is 34.3 Å². The van der Waals surface area contributed by atoms with E-state index in [4.69, 9.17) is 10.8 Å². The van der Waals surface area contributed by atoms with Gasteiger partial charge in [-0.1, -0.05) is 0 Å². The number of amides is 1. The fourth-order valence-electron chi connectivity index (χ4n) is 0.800. The highest BCUT2D eigenvalue weighted by Gasteiger charge is 2.12. The molecule has 1 rings (SSSR count). The van der Waals surface area contributed by atoms with Crippen LogP contribution < -0.4 is 16.6 Å². The number of carbonyl (C=O) groups excluding carboxylic acids is 1. The lowest BCUT2D eigenvalue weighted by atomic mass is 10.3. The zero-order chi connectivity index (χ0) is 11.4. The van der Waals surface area contributed by atoms with Crippen LogP contribution in [0.25, 0.3) is 0 Å². The minimum atomic E-state index is -1.30. The van der Waals surface area contributed by atoms with Crippen LogP contribution in [-0.2, 0) is 4.79 Å². The first-order valence-electron chi connectivity index (χ1n) is 3.97. The third kappa shape index (κ3) is 3.16. The second-order valence-corrected chi connectivity index (χ2v) is 3.77. The van der Waals surface area contributed by atoms with Gasteiger partial charge >= 0.3 is 0 Å². The van der Waals surface area contributed by atoms with Gasteiger partial charge in [0.05, 0.1) is 12.9 Å².